The maximum Gasteiger partial charge on any atom is 0.326 e. The molecule has 0 aliphatic carbocycles. The van der Waals surface area contributed by atoms with Gasteiger partial charge in [-0.2, -0.15) is 0 Å². The van der Waals surface area contributed by atoms with E-state index in [-0.39, 0.29) is 6.42 Å². The minimum Gasteiger partial charge on any atom is -0.480 e. The average molecular weight is 323 g/mol. The van der Waals surface area contributed by atoms with Crippen LogP contribution in [0.1, 0.15) is 12.5 Å². The van der Waals surface area contributed by atoms with E-state index in [1.165, 1.54) is 6.92 Å². The third kappa shape index (κ3) is 6.05. The summed E-state index contributed by atoms with van der Waals surface area (Å²) in [5.74, 6) is -2.51. The van der Waals surface area contributed by atoms with E-state index in [9.17, 15) is 19.5 Å². The van der Waals surface area contributed by atoms with E-state index in [4.69, 9.17) is 10.8 Å². The molecule has 0 heterocycles. The van der Waals surface area contributed by atoms with Crippen molar-refractivity contribution in [3.05, 3.63) is 35.9 Å². The Labute approximate surface area is 133 Å². The first kappa shape index (κ1) is 18.6. The average Bonchev–Trinajstić information content (AvgIpc) is 2.53. The van der Waals surface area contributed by atoms with Gasteiger partial charge in [-0.05, 0) is 12.5 Å². The maximum absolute atomic E-state index is 12.0. The van der Waals surface area contributed by atoms with Gasteiger partial charge < -0.3 is 26.6 Å². The highest BCUT2D eigenvalue weighted by Gasteiger charge is 2.25. The van der Waals surface area contributed by atoms with Gasteiger partial charge >= 0.3 is 5.97 Å². The second kappa shape index (κ2) is 8.86. The molecule has 0 aliphatic heterocycles. The van der Waals surface area contributed by atoms with Gasteiger partial charge in [0.05, 0.1) is 6.61 Å². The number of rotatable bonds is 8. The number of benzene rings is 1. The highest BCUT2D eigenvalue weighted by atomic mass is 16.4. The Kier molecular flexibility index (Phi) is 7.17. The number of amides is 2. The molecule has 0 aromatic heterocycles. The van der Waals surface area contributed by atoms with Crippen LogP contribution in [-0.2, 0) is 20.8 Å². The lowest BCUT2D eigenvalue weighted by Gasteiger charge is -2.20. The lowest BCUT2D eigenvalue weighted by atomic mass is 10.1. The quantitative estimate of drug-likeness (QED) is 0.399. The molecule has 3 atom stereocenters. The van der Waals surface area contributed by atoms with Gasteiger partial charge in [0.25, 0.3) is 0 Å². The second-order valence-corrected chi connectivity index (χ2v) is 5.11. The van der Waals surface area contributed by atoms with Crippen molar-refractivity contribution in [3.63, 3.8) is 0 Å². The van der Waals surface area contributed by atoms with Gasteiger partial charge in [0, 0.05) is 6.42 Å². The Morgan fingerprint density at radius 2 is 1.74 bits per heavy atom. The standard InChI is InChI=1S/C15H21N3O5/c1-9(17-14(21)11(16)8-19)13(20)18-12(15(22)23)7-10-5-3-2-4-6-10/h2-6,9,11-12,19H,7-8,16H2,1H3,(H,17,21)(H,18,20)(H,22,23)/t9-,11-,12-/m0/s1. The summed E-state index contributed by atoms with van der Waals surface area (Å²) in [5.41, 5.74) is 6.09. The number of aliphatic hydroxyl groups is 1. The number of aliphatic carboxylic acids is 1. The largest absolute Gasteiger partial charge is 0.480 e. The van der Waals surface area contributed by atoms with Crippen molar-refractivity contribution in [1.82, 2.24) is 10.6 Å². The predicted octanol–water partition coefficient (Wildman–Crippen LogP) is -1.38. The van der Waals surface area contributed by atoms with Crippen molar-refractivity contribution < 1.29 is 24.6 Å². The lowest BCUT2D eigenvalue weighted by molar-refractivity contribution is -0.142. The first-order valence-corrected chi connectivity index (χ1v) is 7.09. The Bertz CT molecular complexity index is 549. The van der Waals surface area contributed by atoms with Crippen LogP contribution in [0, 0.1) is 0 Å². The zero-order valence-corrected chi connectivity index (χ0v) is 12.7. The van der Waals surface area contributed by atoms with Crippen LogP contribution >= 0.6 is 0 Å². The number of carbonyl (C=O) groups is 3. The van der Waals surface area contributed by atoms with E-state index in [1.807, 2.05) is 0 Å². The number of hydrogen-bond acceptors (Lipinski definition) is 5. The zero-order valence-electron chi connectivity index (χ0n) is 12.7. The van der Waals surface area contributed by atoms with Gasteiger partial charge in [0.1, 0.15) is 18.1 Å². The van der Waals surface area contributed by atoms with Crippen LogP contribution in [0.15, 0.2) is 30.3 Å². The van der Waals surface area contributed by atoms with Gasteiger partial charge in [-0.25, -0.2) is 4.79 Å². The van der Waals surface area contributed by atoms with E-state index in [0.29, 0.717) is 0 Å². The van der Waals surface area contributed by atoms with Crippen LogP contribution in [0.25, 0.3) is 0 Å². The van der Waals surface area contributed by atoms with E-state index in [0.717, 1.165) is 5.56 Å². The fourth-order valence-electron chi connectivity index (χ4n) is 1.82. The van der Waals surface area contributed by atoms with E-state index >= 15 is 0 Å². The number of hydrogen-bond donors (Lipinski definition) is 5. The Morgan fingerprint density at radius 1 is 1.13 bits per heavy atom. The van der Waals surface area contributed by atoms with E-state index in [2.05, 4.69) is 10.6 Å². The summed E-state index contributed by atoms with van der Waals surface area (Å²) in [4.78, 5) is 34.8. The smallest absolute Gasteiger partial charge is 0.326 e. The van der Waals surface area contributed by atoms with Crippen LogP contribution < -0.4 is 16.4 Å². The first-order chi connectivity index (χ1) is 10.8. The summed E-state index contributed by atoms with van der Waals surface area (Å²) in [7, 11) is 0. The van der Waals surface area contributed by atoms with Crippen LogP contribution in [0.2, 0.25) is 0 Å². The third-order valence-corrected chi connectivity index (χ3v) is 3.18. The van der Waals surface area contributed by atoms with Crippen LogP contribution in [0.4, 0.5) is 0 Å². The molecular formula is C15H21N3O5. The number of carboxylic acid groups (broad SMARTS) is 1. The number of aliphatic hydroxyl groups excluding tert-OH is 1. The van der Waals surface area contributed by atoms with E-state index in [1.54, 1.807) is 30.3 Å². The highest BCUT2D eigenvalue weighted by molar-refractivity contribution is 5.91. The molecule has 0 saturated carbocycles. The molecule has 8 nitrogen and oxygen atoms in total. The summed E-state index contributed by atoms with van der Waals surface area (Å²) < 4.78 is 0. The maximum atomic E-state index is 12.0. The summed E-state index contributed by atoms with van der Waals surface area (Å²) in [5, 5.41) is 22.7. The van der Waals surface area contributed by atoms with Crippen LogP contribution in [0.5, 0.6) is 0 Å². The van der Waals surface area contributed by atoms with Crippen molar-refractivity contribution in [2.75, 3.05) is 6.61 Å². The lowest BCUT2D eigenvalue weighted by Crippen LogP contribution is -2.54. The van der Waals surface area contributed by atoms with Gasteiger partial charge in [-0.15, -0.1) is 0 Å². The third-order valence-electron chi connectivity index (χ3n) is 3.18. The molecule has 1 aromatic rings. The molecule has 0 radical (unpaired) electrons. The Morgan fingerprint density at radius 3 is 2.26 bits per heavy atom. The molecule has 0 unspecified atom stereocenters. The molecule has 23 heavy (non-hydrogen) atoms. The van der Waals surface area contributed by atoms with Gasteiger partial charge in [0.2, 0.25) is 11.8 Å². The van der Waals surface area contributed by atoms with Crippen LogP contribution in [0.3, 0.4) is 0 Å². The van der Waals surface area contributed by atoms with Crippen molar-refractivity contribution >= 4 is 17.8 Å². The number of carboxylic acids is 1. The summed E-state index contributed by atoms with van der Waals surface area (Å²) >= 11 is 0. The molecule has 2 amide bonds. The Hall–Kier alpha value is -2.45. The van der Waals surface area contributed by atoms with Crippen molar-refractivity contribution in [1.29, 1.82) is 0 Å². The molecular weight excluding hydrogens is 302 g/mol. The molecule has 8 heteroatoms. The summed E-state index contributed by atoms with van der Waals surface area (Å²) in [6, 6.07) is 5.64. The predicted molar refractivity (Wildman–Crippen MR) is 82.4 cm³/mol. The molecule has 0 saturated heterocycles. The summed E-state index contributed by atoms with van der Waals surface area (Å²) in [6.07, 6.45) is 0.124. The number of nitrogens with two attached hydrogens (primary N) is 1. The minimum atomic E-state index is -1.17. The molecule has 1 rings (SSSR count). The molecule has 0 aliphatic rings. The molecule has 126 valence electrons. The van der Waals surface area contributed by atoms with Gasteiger partial charge in [-0.1, -0.05) is 30.3 Å². The molecule has 0 spiro atoms. The fraction of sp³-hybridized carbons (Fsp3) is 0.400. The number of nitrogens with one attached hydrogen (secondary N) is 2. The highest BCUT2D eigenvalue weighted by Crippen LogP contribution is 2.04. The zero-order chi connectivity index (χ0) is 17.4. The molecule has 0 fully saturated rings. The monoisotopic (exact) mass is 323 g/mol. The Balaban J connectivity index is 2.63. The second-order valence-electron chi connectivity index (χ2n) is 5.11. The molecule has 6 N–H and O–H groups in total. The van der Waals surface area contributed by atoms with Gasteiger partial charge in [-0.3, -0.25) is 9.59 Å². The normalized spacial score (nSPS) is 14.4. The van der Waals surface area contributed by atoms with Crippen molar-refractivity contribution in [2.24, 2.45) is 5.73 Å². The van der Waals surface area contributed by atoms with Crippen LogP contribution in [-0.4, -0.2) is 52.7 Å². The topological polar surface area (TPSA) is 142 Å². The first-order valence-electron chi connectivity index (χ1n) is 7.09. The van der Waals surface area contributed by atoms with Crippen molar-refractivity contribution in [3.8, 4) is 0 Å². The van der Waals surface area contributed by atoms with Crippen molar-refractivity contribution in [2.45, 2.75) is 31.5 Å². The van der Waals surface area contributed by atoms with E-state index < -0.39 is 42.5 Å². The van der Waals surface area contributed by atoms with Gasteiger partial charge in [0.15, 0.2) is 0 Å². The molecule has 0 bridgehead atoms. The SMILES string of the molecule is C[C@H](NC(=O)[C@@H](N)CO)C(=O)N[C@@H](Cc1ccccc1)C(=O)O. The fourth-order valence-corrected chi connectivity index (χ4v) is 1.82. The molecule has 1 aromatic carbocycles. The number of carbonyl (C=O) groups excluding carboxylic acids is 2. The summed E-state index contributed by atoms with van der Waals surface area (Å²) in [6.45, 7) is 0.852. The minimum absolute atomic E-state index is 0.124.